The first-order valence-corrected chi connectivity index (χ1v) is 6.70. The Morgan fingerprint density at radius 2 is 2.11 bits per heavy atom. The van der Waals surface area contributed by atoms with Crippen LogP contribution < -0.4 is 10.1 Å². The van der Waals surface area contributed by atoms with Crippen molar-refractivity contribution < 1.29 is 4.74 Å². The summed E-state index contributed by atoms with van der Waals surface area (Å²) in [5, 5.41) is 3.59. The second-order valence-electron chi connectivity index (χ2n) is 5.69. The molecule has 0 atom stereocenters. The lowest BCUT2D eigenvalue weighted by molar-refractivity contribution is 0.221. The van der Waals surface area contributed by atoms with Gasteiger partial charge in [0.1, 0.15) is 5.75 Å². The van der Waals surface area contributed by atoms with Crippen molar-refractivity contribution in [3.05, 3.63) is 29.8 Å². The number of nitrogens with one attached hydrogen (secondary N) is 1. The number of para-hydroxylation sites is 1. The average molecular weight is 248 g/mol. The van der Waals surface area contributed by atoms with Gasteiger partial charge in [-0.1, -0.05) is 18.2 Å². The number of hydrogen-bond acceptors (Lipinski definition) is 3. The zero-order valence-corrected chi connectivity index (χ0v) is 11.7. The highest BCUT2D eigenvalue weighted by atomic mass is 16.5. The van der Waals surface area contributed by atoms with Crippen molar-refractivity contribution in [2.75, 3.05) is 26.7 Å². The third-order valence-electron chi connectivity index (χ3n) is 3.46. The second kappa shape index (κ2) is 5.72. The molecule has 1 saturated heterocycles. The molecule has 0 aromatic heterocycles. The smallest absolute Gasteiger partial charge is 0.123 e. The van der Waals surface area contributed by atoms with Crippen LogP contribution in [0.2, 0.25) is 0 Å². The van der Waals surface area contributed by atoms with E-state index in [9.17, 15) is 0 Å². The van der Waals surface area contributed by atoms with Crippen molar-refractivity contribution in [3.63, 3.8) is 0 Å². The van der Waals surface area contributed by atoms with Gasteiger partial charge in [-0.3, -0.25) is 4.90 Å². The fourth-order valence-corrected chi connectivity index (χ4v) is 2.63. The van der Waals surface area contributed by atoms with E-state index in [1.807, 2.05) is 12.1 Å². The van der Waals surface area contributed by atoms with Gasteiger partial charge in [-0.2, -0.15) is 0 Å². The maximum Gasteiger partial charge on any atom is 0.123 e. The van der Waals surface area contributed by atoms with Gasteiger partial charge in [-0.15, -0.1) is 0 Å². The second-order valence-corrected chi connectivity index (χ2v) is 5.69. The summed E-state index contributed by atoms with van der Waals surface area (Å²) >= 11 is 0. The summed E-state index contributed by atoms with van der Waals surface area (Å²) in [5.41, 5.74) is 1.47. The first kappa shape index (κ1) is 13.4. The third kappa shape index (κ3) is 3.47. The number of nitrogens with zero attached hydrogens (tertiary/aromatic N) is 1. The molecule has 2 rings (SSSR count). The number of benzene rings is 1. The van der Waals surface area contributed by atoms with Crippen LogP contribution in [0.25, 0.3) is 0 Å². The molecule has 0 radical (unpaired) electrons. The fourth-order valence-electron chi connectivity index (χ4n) is 2.63. The van der Waals surface area contributed by atoms with Crippen LogP contribution in [0.3, 0.4) is 0 Å². The molecule has 1 aliphatic heterocycles. The maximum absolute atomic E-state index is 5.43. The molecule has 100 valence electrons. The quantitative estimate of drug-likeness (QED) is 0.888. The molecule has 0 saturated carbocycles. The maximum atomic E-state index is 5.43. The lowest BCUT2D eigenvalue weighted by atomic mass is 10.1. The minimum absolute atomic E-state index is 0.193. The first-order chi connectivity index (χ1) is 8.61. The molecule has 1 N–H and O–H groups in total. The Balaban J connectivity index is 2.07. The lowest BCUT2D eigenvalue weighted by Gasteiger charge is -2.30. The summed E-state index contributed by atoms with van der Waals surface area (Å²) in [6, 6.07) is 8.30. The van der Waals surface area contributed by atoms with Crippen molar-refractivity contribution in [2.45, 2.75) is 32.4 Å². The van der Waals surface area contributed by atoms with E-state index in [1.54, 1.807) is 7.11 Å². The van der Waals surface area contributed by atoms with Gasteiger partial charge in [0, 0.05) is 24.2 Å². The minimum Gasteiger partial charge on any atom is -0.496 e. The summed E-state index contributed by atoms with van der Waals surface area (Å²) in [4.78, 5) is 2.51. The Labute approximate surface area is 110 Å². The molecule has 0 unspecified atom stereocenters. The Morgan fingerprint density at radius 1 is 1.33 bits per heavy atom. The number of hydrogen-bond donors (Lipinski definition) is 1. The van der Waals surface area contributed by atoms with Gasteiger partial charge in [0.05, 0.1) is 7.11 Å². The number of ether oxygens (including phenoxy) is 1. The van der Waals surface area contributed by atoms with Gasteiger partial charge in [0.2, 0.25) is 0 Å². The van der Waals surface area contributed by atoms with Gasteiger partial charge in [0.25, 0.3) is 0 Å². The normalized spacial score (nSPS) is 20.4. The van der Waals surface area contributed by atoms with Gasteiger partial charge in [-0.05, 0) is 39.4 Å². The monoisotopic (exact) mass is 248 g/mol. The van der Waals surface area contributed by atoms with Crippen LogP contribution in [0.4, 0.5) is 0 Å². The first-order valence-electron chi connectivity index (χ1n) is 6.70. The van der Waals surface area contributed by atoms with Crippen LogP contribution >= 0.6 is 0 Å². The van der Waals surface area contributed by atoms with Crippen LogP contribution in [-0.4, -0.2) is 37.2 Å². The van der Waals surface area contributed by atoms with Gasteiger partial charge < -0.3 is 10.1 Å². The standard InChI is InChI=1S/C15H24N2O/c1-15(2)12-17(10-6-9-16-15)11-13-7-4-5-8-14(13)18-3/h4-5,7-8,16H,6,9-12H2,1-3H3. The summed E-state index contributed by atoms with van der Waals surface area (Å²) < 4.78 is 5.43. The number of rotatable bonds is 3. The Hall–Kier alpha value is -1.06. The van der Waals surface area contributed by atoms with E-state index in [4.69, 9.17) is 4.74 Å². The van der Waals surface area contributed by atoms with Crippen molar-refractivity contribution >= 4 is 0 Å². The number of methoxy groups -OCH3 is 1. The molecule has 1 aromatic carbocycles. The summed E-state index contributed by atoms with van der Waals surface area (Å²) in [6.07, 6.45) is 1.21. The molecule has 18 heavy (non-hydrogen) atoms. The van der Waals surface area contributed by atoms with E-state index in [-0.39, 0.29) is 5.54 Å². The highest BCUT2D eigenvalue weighted by Gasteiger charge is 2.24. The molecule has 3 nitrogen and oxygen atoms in total. The van der Waals surface area contributed by atoms with Crippen molar-refractivity contribution in [1.82, 2.24) is 10.2 Å². The molecule has 1 heterocycles. The van der Waals surface area contributed by atoms with Crippen LogP contribution in [0.5, 0.6) is 5.75 Å². The predicted octanol–water partition coefficient (Wildman–Crippen LogP) is 2.27. The van der Waals surface area contributed by atoms with E-state index < -0.39 is 0 Å². The minimum atomic E-state index is 0.193. The van der Waals surface area contributed by atoms with Crippen molar-refractivity contribution in [2.24, 2.45) is 0 Å². The molecular formula is C15H24N2O. The zero-order chi connectivity index (χ0) is 13.0. The molecule has 0 aliphatic carbocycles. The van der Waals surface area contributed by atoms with E-state index in [0.29, 0.717) is 0 Å². The topological polar surface area (TPSA) is 24.5 Å². The predicted molar refractivity (Wildman–Crippen MR) is 75.0 cm³/mol. The highest BCUT2D eigenvalue weighted by molar-refractivity contribution is 5.33. The molecule has 1 aromatic rings. The molecular weight excluding hydrogens is 224 g/mol. The molecule has 3 heteroatoms. The third-order valence-corrected chi connectivity index (χ3v) is 3.46. The van der Waals surface area contributed by atoms with Crippen LogP contribution in [0.15, 0.2) is 24.3 Å². The van der Waals surface area contributed by atoms with Gasteiger partial charge >= 0.3 is 0 Å². The Morgan fingerprint density at radius 3 is 2.89 bits per heavy atom. The van der Waals surface area contributed by atoms with E-state index in [1.165, 1.54) is 12.0 Å². The molecule has 1 aliphatic rings. The zero-order valence-electron chi connectivity index (χ0n) is 11.7. The fraction of sp³-hybridized carbons (Fsp3) is 0.600. The summed E-state index contributed by atoms with van der Waals surface area (Å²) in [5.74, 6) is 0.993. The molecule has 0 spiro atoms. The molecule has 1 fully saturated rings. The van der Waals surface area contributed by atoms with E-state index in [0.717, 1.165) is 31.9 Å². The average Bonchev–Trinajstić information content (AvgIpc) is 2.50. The van der Waals surface area contributed by atoms with Crippen LogP contribution in [0, 0.1) is 0 Å². The molecule has 0 amide bonds. The molecule has 0 bridgehead atoms. The van der Waals surface area contributed by atoms with Crippen molar-refractivity contribution in [1.29, 1.82) is 0 Å². The Kier molecular flexibility index (Phi) is 4.25. The largest absolute Gasteiger partial charge is 0.496 e. The van der Waals surface area contributed by atoms with E-state index in [2.05, 4.69) is 36.2 Å². The summed E-state index contributed by atoms with van der Waals surface area (Å²) in [6.45, 7) is 8.84. The van der Waals surface area contributed by atoms with Crippen LogP contribution in [0.1, 0.15) is 25.8 Å². The lowest BCUT2D eigenvalue weighted by Crippen LogP contribution is -2.46. The highest BCUT2D eigenvalue weighted by Crippen LogP contribution is 2.21. The SMILES string of the molecule is COc1ccccc1CN1CCCNC(C)(C)C1. The van der Waals surface area contributed by atoms with E-state index >= 15 is 0 Å². The van der Waals surface area contributed by atoms with Gasteiger partial charge in [0.15, 0.2) is 0 Å². The summed E-state index contributed by atoms with van der Waals surface area (Å²) in [7, 11) is 1.74. The van der Waals surface area contributed by atoms with Crippen LogP contribution in [-0.2, 0) is 6.54 Å². The van der Waals surface area contributed by atoms with Gasteiger partial charge in [-0.25, -0.2) is 0 Å². The van der Waals surface area contributed by atoms with Crippen molar-refractivity contribution in [3.8, 4) is 5.75 Å². The Bertz CT molecular complexity index is 390.